The SMILES string of the molecule is CC(C)c1ncc([C@@H](O)CN)s1. The van der Waals surface area contributed by atoms with Gasteiger partial charge in [0.25, 0.3) is 0 Å². The minimum Gasteiger partial charge on any atom is -0.386 e. The molecular formula is C8H14N2OS. The smallest absolute Gasteiger partial charge is 0.102 e. The fourth-order valence-corrected chi connectivity index (χ4v) is 1.76. The van der Waals surface area contributed by atoms with E-state index in [1.165, 1.54) is 11.3 Å². The number of hydrogen-bond acceptors (Lipinski definition) is 4. The zero-order chi connectivity index (χ0) is 9.14. The maximum atomic E-state index is 9.37. The van der Waals surface area contributed by atoms with Crippen LogP contribution in [0.25, 0.3) is 0 Å². The maximum absolute atomic E-state index is 9.37. The van der Waals surface area contributed by atoms with Crippen LogP contribution in [-0.4, -0.2) is 16.6 Å². The van der Waals surface area contributed by atoms with Crippen LogP contribution in [0.2, 0.25) is 0 Å². The van der Waals surface area contributed by atoms with Gasteiger partial charge in [-0.25, -0.2) is 4.98 Å². The maximum Gasteiger partial charge on any atom is 0.102 e. The number of nitrogens with zero attached hydrogens (tertiary/aromatic N) is 1. The largest absolute Gasteiger partial charge is 0.386 e. The van der Waals surface area contributed by atoms with E-state index in [4.69, 9.17) is 5.73 Å². The predicted molar refractivity (Wildman–Crippen MR) is 50.2 cm³/mol. The molecule has 0 unspecified atom stereocenters. The molecule has 0 fully saturated rings. The van der Waals surface area contributed by atoms with Crippen LogP contribution in [0, 0.1) is 0 Å². The van der Waals surface area contributed by atoms with Crippen LogP contribution in [0.5, 0.6) is 0 Å². The Kier molecular flexibility index (Phi) is 3.20. The summed E-state index contributed by atoms with van der Waals surface area (Å²) in [7, 11) is 0. The van der Waals surface area contributed by atoms with Crippen LogP contribution in [0.15, 0.2) is 6.20 Å². The van der Waals surface area contributed by atoms with Crippen LogP contribution < -0.4 is 5.73 Å². The Morgan fingerprint density at radius 1 is 1.67 bits per heavy atom. The second kappa shape index (κ2) is 3.98. The Morgan fingerprint density at radius 3 is 2.75 bits per heavy atom. The van der Waals surface area contributed by atoms with E-state index in [0.29, 0.717) is 5.92 Å². The molecule has 12 heavy (non-hydrogen) atoms. The third-order valence-electron chi connectivity index (χ3n) is 1.59. The van der Waals surface area contributed by atoms with E-state index in [1.807, 2.05) is 0 Å². The van der Waals surface area contributed by atoms with Gasteiger partial charge >= 0.3 is 0 Å². The summed E-state index contributed by atoms with van der Waals surface area (Å²) in [5.74, 6) is 0.425. The van der Waals surface area contributed by atoms with Gasteiger partial charge in [-0.15, -0.1) is 11.3 Å². The van der Waals surface area contributed by atoms with E-state index in [1.54, 1.807) is 6.20 Å². The van der Waals surface area contributed by atoms with Crippen molar-refractivity contribution in [2.75, 3.05) is 6.54 Å². The first kappa shape index (κ1) is 9.64. The Labute approximate surface area is 76.3 Å². The molecular weight excluding hydrogens is 172 g/mol. The lowest BCUT2D eigenvalue weighted by Gasteiger charge is -2.02. The topological polar surface area (TPSA) is 59.1 Å². The average Bonchev–Trinajstić information content (AvgIpc) is 2.51. The Morgan fingerprint density at radius 2 is 2.33 bits per heavy atom. The van der Waals surface area contributed by atoms with Gasteiger partial charge in [0.15, 0.2) is 0 Å². The molecule has 0 saturated heterocycles. The van der Waals surface area contributed by atoms with Gasteiger partial charge in [0.05, 0.1) is 9.88 Å². The highest BCUT2D eigenvalue weighted by molar-refractivity contribution is 7.11. The number of rotatable bonds is 3. The van der Waals surface area contributed by atoms with E-state index < -0.39 is 6.10 Å². The normalized spacial score (nSPS) is 13.8. The molecule has 0 amide bonds. The van der Waals surface area contributed by atoms with Crippen molar-refractivity contribution in [3.05, 3.63) is 16.1 Å². The molecule has 1 aromatic rings. The molecule has 1 atom stereocenters. The molecule has 0 saturated carbocycles. The number of aliphatic hydroxyl groups excluding tert-OH is 1. The van der Waals surface area contributed by atoms with E-state index in [2.05, 4.69) is 18.8 Å². The second-order valence-corrected chi connectivity index (χ2v) is 4.10. The van der Waals surface area contributed by atoms with Crippen LogP contribution in [0.3, 0.4) is 0 Å². The van der Waals surface area contributed by atoms with Crippen molar-refractivity contribution < 1.29 is 5.11 Å². The molecule has 0 aromatic carbocycles. The first-order chi connectivity index (χ1) is 5.65. The summed E-state index contributed by atoms with van der Waals surface area (Å²) in [5, 5.41) is 10.4. The number of hydrogen-bond donors (Lipinski definition) is 2. The molecule has 1 aromatic heterocycles. The molecule has 0 aliphatic rings. The summed E-state index contributed by atoms with van der Waals surface area (Å²) in [6.45, 7) is 4.43. The van der Waals surface area contributed by atoms with Crippen LogP contribution in [-0.2, 0) is 0 Å². The number of aliphatic hydroxyl groups is 1. The summed E-state index contributed by atoms with van der Waals surface area (Å²) in [6, 6.07) is 0. The van der Waals surface area contributed by atoms with Crippen molar-refractivity contribution in [3.8, 4) is 0 Å². The quantitative estimate of drug-likeness (QED) is 0.747. The molecule has 1 rings (SSSR count). The van der Waals surface area contributed by atoms with E-state index in [9.17, 15) is 5.11 Å². The van der Waals surface area contributed by atoms with Crippen molar-refractivity contribution in [2.24, 2.45) is 5.73 Å². The Balaban J connectivity index is 2.77. The van der Waals surface area contributed by atoms with Gasteiger partial charge in [0.2, 0.25) is 0 Å². The van der Waals surface area contributed by atoms with Gasteiger partial charge in [-0.2, -0.15) is 0 Å². The van der Waals surface area contributed by atoms with Gasteiger partial charge in [-0.3, -0.25) is 0 Å². The standard InChI is InChI=1S/C8H14N2OS/c1-5(2)8-10-4-7(12-8)6(11)3-9/h4-6,11H,3,9H2,1-2H3/t6-/m0/s1. The van der Waals surface area contributed by atoms with Gasteiger partial charge in [-0.05, 0) is 0 Å². The van der Waals surface area contributed by atoms with Crippen molar-refractivity contribution in [1.29, 1.82) is 0 Å². The van der Waals surface area contributed by atoms with Crippen LogP contribution in [0.4, 0.5) is 0 Å². The fraction of sp³-hybridized carbons (Fsp3) is 0.625. The minimum atomic E-state index is -0.546. The Hall–Kier alpha value is -0.450. The highest BCUT2D eigenvalue weighted by Crippen LogP contribution is 2.24. The molecule has 68 valence electrons. The van der Waals surface area contributed by atoms with Gasteiger partial charge in [-0.1, -0.05) is 13.8 Å². The molecule has 0 spiro atoms. The zero-order valence-electron chi connectivity index (χ0n) is 7.32. The lowest BCUT2D eigenvalue weighted by molar-refractivity contribution is 0.190. The van der Waals surface area contributed by atoms with Crippen molar-refractivity contribution in [2.45, 2.75) is 25.9 Å². The van der Waals surface area contributed by atoms with E-state index in [-0.39, 0.29) is 6.54 Å². The second-order valence-electron chi connectivity index (χ2n) is 3.01. The summed E-state index contributed by atoms with van der Waals surface area (Å²) in [4.78, 5) is 5.05. The lowest BCUT2D eigenvalue weighted by atomic mass is 10.2. The molecule has 1 heterocycles. The van der Waals surface area contributed by atoms with Gasteiger partial charge in [0.1, 0.15) is 6.10 Å². The zero-order valence-corrected chi connectivity index (χ0v) is 8.14. The molecule has 0 radical (unpaired) electrons. The molecule has 0 aliphatic heterocycles. The predicted octanol–water partition coefficient (Wildman–Crippen LogP) is 1.26. The van der Waals surface area contributed by atoms with Crippen LogP contribution >= 0.6 is 11.3 Å². The Bertz CT molecular complexity index is 247. The summed E-state index contributed by atoms with van der Waals surface area (Å²) >= 11 is 1.53. The van der Waals surface area contributed by atoms with Gasteiger partial charge < -0.3 is 10.8 Å². The summed E-state index contributed by atoms with van der Waals surface area (Å²) in [6.07, 6.45) is 1.16. The average molecular weight is 186 g/mol. The molecule has 3 nitrogen and oxygen atoms in total. The van der Waals surface area contributed by atoms with Crippen molar-refractivity contribution in [1.82, 2.24) is 4.98 Å². The summed E-state index contributed by atoms with van der Waals surface area (Å²) in [5.41, 5.74) is 5.32. The van der Waals surface area contributed by atoms with E-state index >= 15 is 0 Å². The first-order valence-corrected chi connectivity index (χ1v) is 4.80. The minimum absolute atomic E-state index is 0.264. The first-order valence-electron chi connectivity index (χ1n) is 3.99. The summed E-state index contributed by atoms with van der Waals surface area (Å²) < 4.78 is 0. The third-order valence-corrected chi connectivity index (χ3v) is 2.99. The number of thiazole rings is 1. The number of aromatic nitrogens is 1. The highest BCUT2D eigenvalue weighted by Gasteiger charge is 2.11. The molecule has 4 heteroatoms. The van der Waals surface area contributed by atoms with Crippen molar-refractivity contribution >= 4 is 11.3 Å². The lowest BCUT2D eigenvalue weighted by Crippen LogP contribution is -2.09. The van der Waals surface area contributed by atoms with Crippen molar-refractivity contribution in [3.63, 3.8) is 0 Å². The van der Waals surface area contributed by atoms with Crippen LogP contribution in [0.1, 0.15) is 35.8 Å². The third kappa shape index (κ3) is 2.03. The van der Waals surface area contributed by atoms with Gasteiger partial charge in [0, 0.05) is 18.7 Å². The molecule has 3 N–H and O–H groups in total. The monoisotopic (exact) mass is 186 g/mol. The fourth-order valence-electron chi connectivity index (χ4n) is 0.838. The molecule has 0 aliphatic carbocycles. The van der Waals surface area contributed by atoms with E-state index in [0.717, 1.165) is 9.88 Å². The molecule has 0 bridgehead atoms. The number of nitrogens with two attached hydrogens (primary N) is 1. The highest BCUT2D eigenvalue weighted by atomic mass is 32.1.